The first kappa shape index (κ1) is 21.7. The smallest absolute Gasteiger partial charge is 0.351 e. The van der Waals surface area contributed by atoms with Gasteiger partial charge in [-0.05, 0) is 63.4 Å². The standard InChI is InChI=1S/C16H14I2N3O6P/c17-10-3-8(4-11(18)5-10)1-2-9-7-21(16(23)20-14(9)19)13-6-12(22)15(26-13)27-28(24)25/h3-5,7,12-13,15,22,28H,6H2,(H,24,25)(H2,19,20,23)/t12-,13-,15-/m1/s1. The Morgan fingerprint density at radius 2 is 2.00 bits per heavy atom. The molecule has 1 aromatic carbocycles. The van der Waals surface area contributed by atoms with Crippen LogP contribution in [0.15, 0.2) is 29.2 Å². The molecule has 9 nitrogen and oxygen atoms in total. The Hall–Kier alpha value is -1.01. The minimum Gasteiger partial charge on any atom is -0.388 e. The molecule has 12 heteroatoms. The largest absolute Gasteiger partial charge is 0.388 e. The summed E-state index contributed by atoms with van der Waals surface area (Å²) in [6.45, 7) is 0. The zero-order valence-electron chi connectivity index (χ0n) is 14.0. The fourth-order valence-corrected chi connectivity index (χ4v) is 4.90. The van der Waals surface area contributed by atoms with Gasteiger partial charge in [-0.15, -0.1) is 0 Å². The lowest BCUT2D eigenvalue weighted by Gasteiger charge is -2.15. The van der Waals surface area contributed by atoms with Gasteiger partial charge in [-0.3, -0.25) is 13.7 Å². The summed E-state index contributed by atoms with van der Waals surface area (Å²) in [6, 6.07) is 5.82. The van der Waals surface area contributed by atoms with Crippen molar-refractivity contribution in [2.45, 2.75) is 25.0 Å². The molecular weight excluding hydrogens is 615 g/mol. The van der Waals surface area contributed by atoms with Crippen molar-refractivity contribution in [2.75, 3.05) is 5.73 Å². The molecule has 0 bridgehead atoms. The zero-order valence-corrected chi connectivity index (χ0v) is 19.3. The Morgan fingerprint density at radius 3 is 2.64 bits per heavy atom. The molecule has 2 aromatic rings. The number of nitrogen functional groups attached to an aromatic ring is 1. The highest BCUT2D eigenvalue weighted by molar-refractivity contribution is 14.1. The maximum Gasteiger partial charge on any atom is 0.351 e. The lowest BCUT2D eigenvalue weighted by Crippen LogP contribution is -2.28. The molecular formula is C16H14I2N3O6P. The summed E-state index contributed by atoms with van der Waals surface area (Å²) in [6.07, 6.45) is -2.04. The van der Waals surface area contributed by atoms with Gasteiger partial charge < -0.3 is 20.5 Å². The first-order valence-corrected chi connectivity index (χ1v) is 11.2. The Morgan fingerprint density at radius 1 is 1.32 bits per heavy atom. The molecule has 2 heterocycles. The SMILES string of the molecule is Nc1nc(=O)n([C@H]2C[C@@H](O)[C@@H](O[PH](=O)O)O2)cc1C#Cc1cc(I)cc(I)c1. The van der Waals surface area contributed by atoms with E-state index < -0.39 is 32.6 Å². The lowest BCUT2D eigenvalue weighted by molar-refractivity contribution is -0.126. The van der Waals surface area contributed by atoms with Gasteiger partial charge in [-0.2, -0.15) is 4.98 Å². The second-order valence-corrected chi connectivity index (χ2v) is 9.04. The maximum atomic E-state index is 12.2. The molecule has 0 aliphatic carbocycles. The molecule has 1 saturated heterocycles. The van der Waals surface area contributed by atoms with Gasteiger partial charge in [0.05, 0.1) is 5.56 Å². The Kier molecular flexibility index (Phi) is 7.13. The van der Waals surface area contributed by atoms with Crippen LogP contribution in [0.1, 0.15) is 23.8 Å². The monoisotopic (exact) mass is 629 g/mol. The van der Waals surface area contributed by atoms with Gasteiger partial charge in [0.2, 0.25) is 0 Å². The third kappa shape index (κ3) is 5.32. The van der Waals surface area contributed by atoms with E-state index in [1.54, 1.807) is 0 Å². The first-order valence-electron chi connectivity index (χ1n) is 7.83. The average molecular weight is 629 g/mol. The van der Waals surface area contributed by atoms with Crippen molar-refractivity contribution in [2.24, 2.45) is 0 Å². The van der Waals surface area contributed by atoms with Gasteiger partial charge >= 0.3 is 13.9 Å². The molecule has 1 fully saturated rings. The van der Waals surface area contributed by atoms with E-state index in [4.69, 9.17) is 15.4 Å². The summed E-state index contributed by atoms with van der Waals surface area (Å²) >= 11 is 4.39. The minimum atomic E-state index is -3.31. The number of ether oxygens (including phenoxy) is 1. The van der Waals surface area contributed by atoms with E-state index in [9.17, 15) is 14.5 Å². The lowest BCUT2D eigenvalue weighted by atomic mass is 10.2. The number of benzene rings is 1. The topological polar surface area (TPSA) is 137 Å². The number of hydrogen-bond donors (Lipinski definition) is 3. The van der Waals surface area contributed by atoms with Gasteiger partial charge in [0.25, 0.3) is 0 Å². The van der Waals surface area contributed by atoms with Crippen LogP contribution in [0.5, 0.6) is 0 Å². The molecule has 0 saturated carbocycles. The Bertz CT molecular complexity index is 1030. The van der Waals surface area contributed by atoms with Crippen molar-refractivity contribution < 1.29 is 23.8 Å². The van der Waals surface area contributed by atoms with Crippen molar-refractivity contribution in [3.63, 3.8) is 0 Å². The van der Waals surface area contributed by atoms with E-state index in [1.165, 1.54) is 6.20 Å². The van der Waals surface area contributed by atoms with Gasteiger partial charge in [0.15, 0.2) is 6.29 Å². The van der Waals surface area contributed by atoms with E-state index in [-0.39, 0.29) is 12.2 Å². The molecule has 1 aromatic heterocycles. The first-order chi connectivity index (χ1) is 13.2. The number of aliphatic hydroxyl groups excluding tert-OH is 1. The summed E-state index contributed by atoms with van der Waals surface area (Å²) in [4.78, 5) is 24.8. The van der Waals surface area contributed by atoms with E-state index >= 15 is 0 Å². The fraction of sp³-hybridized carbons (Fsp3) is 0.250. The third-order valence-electron chi connectivity index (χ3n) is 3.76. The number of aromatic nitrogens is 2. The van der Waals surface area contributed by atoms with Crippen LogP contribution in [0.3, 0.4) is 0 Å². The van der Waals surface area contributed by atoms with Crippen molar-refractivity contribution in [3.05, 3.63) is 53.1 Å². The highest BCUT2D eigenvalue weighted by Crippen LogP contribution is 2.33. The van der Waals surface area contributed by atoms with Crippen LogP contribution in [0, 0.1) is 19.0 Å². The second kappa shape index (κ2) is 9.21. The Balaban J connectivity index is 1.91. The normalized spacial score (nSPS) is 22.5. The quantitative estimate of drug-likeness (QED) is 0.264. The zero-order chi connectivity index (χ0) is 20.4. The molecule has 1 unspecified atom stereocenters. The second-order valence-electron chi connectivity index (χ2n) is 5.78. The number of hydrogen-bond acceptors (Lipinski definition) is 7. The number of rotatable bonds is 3. The van der Waals surface area contributed by atoms with Crippen molar-refractivity contribution in [1.29, 1.82) is 0 Å². The molecule has 0 radical (unpaired) electrons. The molecule has 4 atom stereocenters. The fourth-order valence-electron chi connectivity index (χ4n) is 2.55. The molecule has 0 spiro atoms. The highest BCUT2D eigenvalue weighted by atomic mass is 127. The molecule has 148 valence electrons. The third-order valence-corrected chi connectivity index (χ3v) is 5.44. The molecule has 28 heavy (non-hydrogen) atoms. The van der Waals surface area contributed by atoms with E-state index in [0.717, 1.165) is 17.3 Å². The Labute approximate surface area is 187 Å². The van der Waals surface area contributed by atoms with Crippen LogP contribution in [0.25, 0.3) is 0 Å². The van der Waals surface area contributed by atoms with Crippen molar-refractivity contribution in [3.8, 4) is 11.8 Å². The number of aliphatic hydroxyl groups is 1. The summed E-state index contributed by atoms with van der Waals surface area (Å²) < 4.78 is 24.0. The average Bonchev–Trinajstić information content (AvgIpc) is 2.93. The number of anilines is 1. The molecule has 0 amide bonds. The highest BCUT2D eigenvalue weighted by Gasteiger charge is 2.37. The van der Waals surface area contributed by atoms with Crippen molar-refractivity contribution in [1.82, 2.24) is 9.55 Å². The van der Waals surface area contributed by atoms with Crippen molar-refractivity contribution >= 4 is 59.3 Å². The summed E-state index contributed by atoms with van der Waals surface area (Å²) in [7, 11) is -3.31. The van der Waals surface area contributed by atoms with Crippen LogP contribution in [0.2, 0.25) is 0 Å². The van der Waals surface area contributed by atoms with Crippen LogP contribution < -0.4 is 11.4 Å². The van der Waals surface area contributed by atoms with Crippen LogP contribution in [0.4, 0.5) is 5.82 Å². The molecule has 1 aliphatic heterocycles. The predicted molar refractivity (Wildman–Crippen MR) is 118 cm³/mol. The van der Waals surface area contributed by atoms with Gasteiger partial charge in [0, 0.05) is 25.3 Å². The van der Waals surface area contributed by atoms with E-state index in [1.807, 2.05) is 18.2 Å². The summed E-state index contributed by atoms with van der Waals surface area (Å²) in [5, 5.41) is 9.91. The van der Waals surface area contributed by atoms with E-state index in [2.05, 4.69) is 66.5 Å². The van der Waals surface area contributed by atoms with Gasteiger partial charge in [0.1, 0.15) is 18.1 Å². The van der Waals surface area contributed by atoms with Gasteiger partial charge in [-0.25, -0.2) is 4.79 Å². The van der Waals surface area contributed by atoms with Crippen LogP contribution in [-0.2, 0) is 13.8 Å². The molecule has 1 aliphatic rings. The van der Waals surface area contributed by atoms with Gasteiger partial charge in [-0.1, -0.05) is 11.8 Å². The number of halogens is 2. The predicted octanol–water partition coefficient (Wildman–Crippen LogP) is 1.44. The number of nitrogens with two attached hydrogens (primary N) is 1. The maximum absolute atomic E-state index is 12.2. The van der Waals surface area contributed by atoms with E-state index in [0.29, 0.717) is 5.56 Å². The molecule has 4 N–H and O–H groups in total. The number of nitrogens with zero attached hydrogens (tertiary/aromatic N) is 2. The minimum absolute atomic E-state index is 0.0206. The molecule has 3 rings (SSSR count). The summed E-state index contributed by atoms with van der Waals surface area (Å²) in [5.41, 5.74) is 6.22. The summed E-state index contributed by atoms with van der Waals surface area (Å²) in [5.74, 6) is 5.85. The van der Waals surface area contributed by atoms with Crippen LogP contribution in [-0.4, -0.2) is 31.9 Å². The van der Waals surface area contributed by atoms with Crippen LogP contribution >= 0.6 is 53.4 Å².